The zero-order valence-corrected chi connectivity index (χ0v) is 19.0. The van der Waals surface area contributed by atoms with Gasteiger partial charge in [-0.3, -0.25) is 9.10 Å². The first-order chi connectivity index (χ1) is 13.9. The van der Waals surface area contributed by atoms with E-state index < -0.39 is 38.4 Å². The second-order valence-corrected chi connectivity index (χ2v) is 10.7. The van der Waals surface area contributed by atoms with Crippen LogP contribution in [-0.4, -0.2) is 48.4 Å². The molecule has 0 aromatic heterocycles. The van der Waals surface area contributed by atoms with Gasteiger partial charge in [0, 0.05) is 6.26 Å². The van der Waals surface area contributed by atoms with Gasteiger partial charge < -0.3 is 10.1 Å². The summed E-state index contributed by atoms with van der Waals surface area (Å²) in [5.74, 6) is 0.110. The number of amides is 1. The Bertz CT molecular complexity index is 1080. The standard InChI is InChI=1S/C20H26N2O6S2/c1-5-28-18-10-8-17(9-11-18)22(30(4,26)27)14-20(23)21-15(2)16-6-12-19(13-7-16)29(3,24)25/h6-13,15H,5,14H2,1-4H3,(H,21,23). The number of carbonyl (C=O) groups excluding carboxylic acids is 1. The van der Waals surface area contributed by atoms with Gasteiger partial charge in [-0.25, -0.2) is 16.8 Å². The minimum Gasteiger partial charge on any atom is -0.494 e. The number of hydrogen-bond acceptors (Lipinski definition) is 6. The van der Waals surface area contributed by atoms with Gasteiger partial charge in [-0.1, -0.05) is 12.1 Å². The van der Waals surface area contributed by atoms with Crippen molar-refractivity contribution < 1.29 is 26.4 Å². The quantitative estimate of drug-likeness (QED) is 0.622. The van der Waals surface area contributed by atoms with Crippen LogP contribution in [0.4, 0.5) is 5.69 Å². The molecule has 164 valence electrons. The van der Waals surface area contributed by atoms with Crippen molar-refractivity contribution in [1.82, 2.24) is 5.32 Å². The smallest absolute Gasteiger partial charge is 0.241 e. The molecule has 0 aliphatic rings. The van der Waals surface area contributed by atoms with E-state index in [1.54, 1.807) is 43.3 Å². The Hall–Kier alpha value is -2.59. The average Bonchev–Trinajstić information content (AvgIpc) is 2.66. The second-order valence-electron chi connectivity index (χ2n) is 6.83. The summed E-state index contributed by atoms with van der Waals surface area (Å²) in [6.45, 7) is 3.67. The van der Waals surface area contributed by atoms with Gasteiger partial charge in [-0.15, -0.1) is 0 Å². The molecule has 0 aliphatic heterocycles. The molecule has 0 fully saturated rings. The number of ether oxygens (including phenoxy) is 1. The van der Waals surface area contributed by atoms with E-state index in [2.05, 4.69) is 5.32 Å². The number of nitrogens with zero attached hydrogens (tertiary/aromatic N) is 1. The first-order valence-corrected chi connectivity index (χ1v) is 13.0. The highest BCUT2D eigenvalue weighted by molar-refractivity contribution is 7.92. The largest absolute Gasteiger partial charge is 0.494 e. The predicted octanol–water partition coefficient (Wildman–Crippen LogP) is 2.13. The van der Waals surface area contributed by atoms with Crippen LogP contribution >= 0.6 is 0 Å². The molecular weight excluding hydrogens is 428 g/mol. The van der Waals surface area contributed by atoms with Crippen molar-refractivity contribution in [2.45, 2.75) is 24.8 Å². The normalized spacial score (nSPS) is 12.8. The van der Waals surface area contributed by atoms with Crippen LogP contribution in [-0.2, 0) is 24.7 Å². The van der Waals surface area contributed by atoms with Crippen molar-refractivity contribution >= 4 is 31.5 Å². The van der Waals surface area contributed by atoms with E-state index in [-0.39, 0.29) is 4.90 Å². The van der Waals surface area contributed by atoms with Crippen LogP contribution in [0.2, 0.25) is 0 Å². The molecular formula is C20H26N2O6S2. The maximum Gasteiger partial charge on any atom is 0.241 e. The van der Waals surface area contributed by atoms with Gasteiger partial charge in [-0.05, 0) is 55.8 Å². The molecule has 2 aromatic carbocycles. The van der Waals surface area contributed by atoms with Crippen LogP contribution in [0, 0.1) is 0 Å². The van der Waals surface area contributed by atoms with Crippen molar-refractivity contribution in [3.63, 3.8) is 0 Å². The third-order valence-electron chi connectivity index (χ3n) is 4.31. The van der Waals surface area contributed by atoms with E-state index in [9.17, 15) is 21.6 Å². The molecule has 2 aromatic rings. The topological polar surface area (TPSA) is 110 Å². The third kappa shape index (κ3) is 6.46. The highest BCUT2D eigenvalue weighted by atomic mass is 32.2. The van der Waals surface area contributed by atoms with Crippen LogP contribution < -0.4 is 14.4 Å². The summed E-state index contributed by atoms with van der Waals surface area (Å²) in [4.78, 5) is 12.7. The third-order valence-corrected chi connectivity index (χ3v) is 6.58. The zero-order valence-electron chi connectivity index (χ0n) is 17.3. The summed E-state index contributed by atoms with van der Waals surface area (Å²) in [7, 11) is -7.00. The summed E-state index contributed by atoms with van der Waals surface area (Å²) in [5, 5.41) is 2.74. The number of sulfonamides is 1. The van der Waals surface area contributed by atoms with E-state index in [4.69, 9.17) is 4.74 Å². The van der Waals surface area contributed by atoms with Gasteiger partial charge in [0.05, 0.1) is 29.5 Å². The highest BCUT2D eigenvalue weighted by Crippen LogP contribution is 2.22. The first kappa shape index (κ1) is 23.7. The second kappa shape index (κ2) is 9.48. The molecule has 0 bridgehead atoms. The van der Waals surface area contributed by atoms with Gasteiger partial charge in [0.25, 0.3) is 0 Å². The maximum absolute atomic E-state index is 12.5. The van der Waals surface area contributed by atoms with Crippen LogP contribution in [0.3, 0.4) is 0 Å². The molecule has 0 saturated heterocycles. The van der Waals surface area contributed by atoms with Crippen molar-refractivity contribution in [3.8, 4) is 5.75 Å². The van der Waals surface area contributed by atoms with E-state index in [1.165, 1.54) is 12.1 Å². The Morgan fingerprint density at radius 1 is 1.00 bits per heavy atom. The molecule has 0 heterocycles. The van der Waals surface area contributed by atoms with Gasteiger partial charge in [0.1, 0.15) is 12.3 Å². The Morgan fingerprint density at radius 2 is 1.57 bits per heavy atom. The minimum absolute atomic E-state index is 0.184. The van der Waals surface area contributed by atoms with E-state index >= 15 is 0 Å². The maximum atomic E-state index is 12.5. The molecule has 1 amide bonds. The number of anilines is 1. The molecule has 1 unspecified atom stereocenters. The molecule has 1 atom stereocenters. The van der Waals surface area contributed by atoms with Crippen LogP contribution in [0.5, 0.6) is 5.75 Å². The number of nitrogens with one attached hydrogen (secondary N) is 1. The zero-order chi connectivity index (χ0) is 22.5. The van der Waals surface area contributed by atoms with Gasteiger partial charge >= 0.3 is 0 Å². The van der Waals surface area contributed by atoms with Crippen molar-refractivity contribution in [3.05, 3.63) is 54.1 Å². The number of carbonyl (C=O) groups is 1. The first-order valence-electron chi connectivity index (χ1n) is 9.21. The summed E-state index contributed by atoms with van der Waals surface area (Å²) in [6.07, 6.45) is 2.15. The molecule has 2 rings (SSSR count). The lowest BCUT2D eigenvalue weighted by molar-refractivity contribution is -0.120. The number of rotatable bonds is 9. The molecule has 0 saturated carbocycles. The van der Waals surface area contributed by atoms with Gasteiger partial charge in [0.2, 0.25) is 15.9 Å². The Morgan fingerprint density at radius 3 is 2.03 bits per heavy atom. The van der Waals surface area contributed by atoms with Crippen molar-refractivity contribution in [2.75, 3.05) is 30.0 Å². The predicted molar refractivity (Wildman–Crippen MR) is 116 cm³/mol. The summed E-state index contributed by atoms with van der Waals surface area (Å²) < 4.78 is 53.9. The SMILES string of the molecule is CCOc1ccc(N(CC(=O)NC(C)c2ccc(S(C)(=O)=O)cc2)S(C)(=O)=O)cc1. The fourth-order valence-corrected chi connectivity index (χ4v) is 4.27. The molecule has 1 N–H and O–H groups in total. The van der Waals surface area contributed by atoms with E-state index in [0.29, 0.717) is 23.6 Å². The number of hydrogen-bond donors (Lipinski definition) is 1. The van der Waals surface area contributed by atoms with E-state index in [1.807, 2.05) is 6.92 Å². The highest BCUT2D eigenvalue weighted by Gasteiger charge is 2.22. The fourth-order valence-electron chi connectivity index (χ4n) is 2.78. The Balaban J connectivity index is 2.12. The van der Waals surface area contributed by atoms with Crippen LogP contribution in [0.15, 0.2) is 53.4 Å². The Labute approximate surface area is 177 Å². The van der Waals surface area contributed by atoms with Crippen molar-refractivity contribution in [2.24, 2.45) is 0 Å². The molecule has 10 heteroatoms. The lowest BCUT2D eigenvalue weighted by atomic mass is 10.1. The number of benzene rings is 2. The minimum atomic E-state index is -3.70. The molecule has 30 heavy (non-hydrogen) atoms. The lowest BCUT2D eigenvalue weighted by Gasteiger charge is -2.23. The summed E-state index contributed by atoms with van der Waals surface area (Å²) in [5.41, 5.74) is 1.05. The monoisotopic (exact) mass is 454 g/mol. The number of sulfone groups is 1. The van der Waals surface area contributed by atoms with Gasteiger partial charge in [-0.2, -0.15) is 0 Å². The van der Waals surface area contributed by atoms with Gasteiger partial charge in [0.15, 0.2) is 9.84 Å². The summed E-state index contributed by atoms with van der Waals surface area (Å²) in [6, 6.07) is 12.2. The molecule has 0 aliphatic carbocycles. The molecule has 0 radical (unpaired) electrons. The van der Waals surface area contributed by atoms with E-state index in [0.717, 1.165) is 16.8 Å². The average molecular weight is 455 g/mol. The van der Waals surface area contributed by atoms with Crippen LogP contribution in [0.25, 0.3) is 0 Å². The van der Waals surface area contributed by atoms with Crippen LogP contribution in [0.1, 0.15) is 25.5 Å². The lowest BCUT2D eigenvalue weighted by Crippen LogP contribution is -2.41. The molecule has 0 spiro atoms. The van der Waals surface area contributed by atoms with Crippen molar-refractivity contribution in [1.29, 1.82) is 0 Å². The summed E-state index contributed by atoms with van der Waals surface area (Å²) >= 11 is 0. The molecule has 8 nitrogen and oxygen atoms in total. The Kier molecular flexibility index (Phi) is 7.49. The fraction of sp³-hybridized carbons (Fsp3) is 0.350.